The summed E-state index contributed by atoms with van der Waals surface area (Å²) >= 11 is 0. The Hall–Kier alpha value is -3.15. The van der Waals surface area contributed by atoms with E-state index in [-0.39, 0.29) is 18.2 Å². The quantitative estimate of drug-likeness (QED) is 0.572. The number of hydrogen-bond acceptors (Lipinski definition) is 4. The lowest BCUT2D eigenvalue weighted by molar-refractivity contribution is -0.121. The standard InChI is InChI=1S/C18H18N4O2/c1-12(14-7-3-6-10-17(14)23)20-21-18(24)11-22-13(2)19-15-8-4-5-9-16(15)22/h3-10,23H,11H2,1-2H3,(H,21,24)/b20-12+. The number of hydrazone groups is 1. The lowest BCUT2D eigenvalue weighted by Crippen LogP contribution is -2.24. The summed E-state index contributed by atoms with van der Waals surface area (Å²) in [5.41, 5.74) is 5.42. The van der Waals surface area contributed by atoms with Crippen LogP contribution in [0, 0.1) is 6.92 Å². The lowest BCUT2D eigenvalue weighted by Gasteiger charge is -2.07. The third kappa shape index (κ3) is 3.12. The number of fused-ring (bicyclic) bond motifs is 1. The van der Waals surface area contributed by atoms with Gasteiger partial charge in [0.1, 0.15) is 18.1 Å². The van der Waals surface area contributed by atoms with Crippen LogP contribution in [0.4, 0.5) is 0 Å². The monoisotopic (exact) mass is 322 g/mol. The molecule has 0 atom stereocenters. The van der Waals surface area contributed by atoms with Crippen LogP contribution in [0.15, 0.2) is 53.6 Å². The second kappa shape index (κ2) is 6.54. The van der Waals surface area contributed by atoms with E-state index in [0.29, 0.717) is 11.3 Å². The highest BCUT2D eigenvalue weighted by Crippen LogP contribution is 2.17. The number of aromatic nitrogens is 2. The Morgan fingerprint density at radius 1 is 1.21 bits per heavy atom. The van der Waals surface area contributed by atoms with E-state index in [1.165, 1.54) is 0 Å². The molecule has 0 aliphatic heterocycles. The minimum atomic E-state index is -0.254. The molecule has 2 aromatic carbocycles. The maximum atomic E-state index is 12.2. The Morgan fingerprint density at radius 2 is 1.92 bits per heavy atom. The number of carbonyl (C=O) groups excluding carboxylic acids is 1. The van der Waals surface area contributed by atoms with Crippen LogP contribution in [-0.4, -0.2) is 26.3 Å². The number of phenols is 1. The van der Waals surface area contributed by atoms with Gasteiger partial charge in [0.2, 0.25) is 0 Å². The number of benzene rings is 2. The number of phenolic OH excluding ortho intramolecular Hbond substituents is 1. The molecule has 2 N–H and O–H groups in total. The Bertz CT molecular complexity index is 928. The van der Waals surface area contributed by atoms with Crippen LogP contribution in [0.3, 0.4) is 0 Å². The minimum Gasteiger partial charge on any atom is -0.507 e. The number of nitrogens with zero attached hydrogens (tertiary/aromatic N) is 3. The number of rotatable bonds is 4. The Kier molecular flexibility index (Phi) is 4.29. The van der Waals surface area contributed by atoms with Crippen molar-refractivity contribution in [2.75, 3.05) is 0 Å². The average Bonchev–Trinajstić information content (AvgIpc) is 2.89. The van der Waals surface area contributed by atoms with Gasteiger partial charge in [-0.05, 0) is 38.1 Å². The zero-order valence-electron chi connectivity index (χ0n) is 13.5. The van der Waals surface area contributed by atoms with Crippen molar-refractivity contribution in [3.63, 3.8) is 0 Å². The molecule has 3 aromatic rings. The maximum Gasteiger partial charge on any atom is 0.260 e. The van der Waals surface area contributed by atoms with E-state index in [9.17, 15) is 9.90 Å². The number of aryl methyl sites for hydroxylation is 1. The first-order valence-corrected chi connectivity index (χ1v) is 7.59. The molecular formula is C18H18N4O2. The van der Waals surface area contributed by atoms with Crippen LogP contribution in [0.5, 0.6) is 5.75 Å². The highest BCUT2D eigenvalue weighted by atomic mass is 16.3. The number of hydrogen-bond donors (Lipinski definition) is 2. The summed E-state index contributed by atoms with van der Waals surface area (Å²) in [4.78, 5) is 16.6. The van der Waals surface area contributed by atoms with Gasteiger partial charge >= 0.3 is 0 Å². The van der Waals surface area contributed by atoms with Gasteiger partial charge in [0.05, 0.1) is 16.7 Å². The molecule has 0 aliphatic rings. The number of imidazole rings is 1. The van der Waals surface area contributed by atoms with Crippen molar-refractivity contribution in [3.05, 3.63) is 59.9 Å². The molecule has 3 rings (SSSR count). The van der Waals surface area contributed by atoms with Gasteiger partial charge in [-0.25, -0.2) is 10.4 Å². The smallest absolute Gasteiger partial charge is 0.260 e. The number of para-hydroxylation sites is 3. The van der Waals surface area contributed by atoms with Crippen molar-refractivity contribution >= 4 is 22.7 Å². The second-order valence-electron chi connectivity index (χ2n) is 5.48. The molecule has 0 spiro atoms. The SMILES string of the molecule is C/C(=N\NC(=O)Cn1c(C)nc2ccccc21)c1ccccc1O. The molecule has 6 nitrogen and oxygen atoms in total. The number of carbonyl (C=O) groups is 1. The zero-order valence-corrected chi connectivity index (χ0v) is 13.5. The fourth-order valence-electron chi connectivity index (χ4n) is 2.56. The molecule has 1 heterocycles. The first-order chi connectivity index (χ1) is 11.6. The van der Waals surface area contributed by atoms with Crippen molar-refractivity contribution in [2.24, 2.45) is 5.10 Å². The molecule has 1 aromatic heterocycles. The van der Waals surface area contributed by atoms with Crippen LogP contribution in [0.25, 0.3) is 11.0 Å². The summed E-state index contributed by atoms with van der Waals surface area (Å²) in [6, 6.07) is 14.5. The topological polar surface area (TPSA) is 79.5 Å². The van der Waals surface area contributed by atoms with Gasteiger partial charge in [-0.15, -0.1) is 0 Å². The maximum absolute atomic E-state index is 12.2. The Morgan fingerprint density at radius 3 is 2.71 bits per heavy atom. The minimum absolute atomic E-state index is 0.129. The van der Waals surface area contributed by atoms with Crippen molar-refractivity contribution in [1.29, 1.82) is 0 Å². The molecule has 0 aliphatic carbocycles. The van der Waals surface area contributed by atoms with Crippen molar-refractivity contribution in [1.82, 2.24) is 15.0 Å². The molecule has 0 radical (unpaired) electrons. The molecule has 0 fully saturated rings. The zero-order chi connectivity index (χ0) is 17.1. The predicted molar refractivity (Wildman–Crippen MR) is 92.9 cm³/mol. The highest BCUT2D eigenvalue weighted by molar-refractivity contribution is 6.01. The first kappa shape index (κ1) is 15.7. The molecule has 6 heteroatoms. The van der Waals surface area contributed by atoms with E-state index in [1.807, 2.05) is 35.8 Å². The van der Waals surface area contributed by atoms with Crippen molar-refractivity contribution in [3.8, 4) is 5.75 Å². The van der Waals surface area contributed by atoms with Gasteiger partial charge in [-0.2, -0.15) is 5.10 Å². The van der Waals surface area contributed by atoms with Crippen molar-refractivity contribution < 1.29 is 9.90 Å². The van der Waals surface area contributed by atoms with Crippen LogP contribution in [0.2, 0.25) is 0 Å². The molecule has 122 valence electrons. The average molecular weight is 322 g/mol. The van der Waals surface area contributed by atoms with E-state index >= 15 is 0 Å². The van der Waals surface area contributed by atoms with E-state index in [2.05, 4.69) is 15.5 Å². The lowest BCUT2D eigenvalue weighted by atomic mass is 10.1. The fourth-order valence-corrected chi connectivity index (χ4v) is 2.56. The van der Waals surface area contributed by atoms with Crippen LogP contribution >= 0.6 is 0 Å². The van der Waals surface area contributed by atoms with E-state index in [1.54, 1.807) is 31.2 Å². The third-order valence-corrected chi connectivity index (χ3v) is 3.79. The Labute approximate surface area is 139 Å². The van der Waals surface area contributed by atoms with E-state index < -0.39 is 0 Å². The van der Waals surface area contributed by atoms with Crippen LogP contribution in [-0.2, 0) is 11.3 Å². The van der Waals surface area contributed by atoms with Gasteiger partial charge in [0.15, 0.2) is 0 Å². The second-order valence-corrected chi connectivity index (χ2v) is 5.48. The fraction of sp³-hybridized carbons (Fsp3) is 0.167. The molecule has 0 saturated heterocycles. The summed E-state index contributed by atoms with van der Waals surface area (Å²) in [7, 11) is 0. The summed E-state index contributed by atoms with van der Waals surface area (Å²) in [6.07, 6.45) is 0. The summed E-state index contributed by atoms with van der Waals surface area (Å²) in [5.74, 6) is 0.647. The molecular weight excluding hydrogens is 304 g/mol. The van der Waals surface area contributed by atoms with E-state index in [4.69, 9.17) is 0 Å². The molecule has 1 amide bonds. The van der Waals surface area contributed by atoms with Gasteiger partial charge < -0.3 is 9.67 Å². The van der Waals surface area contributed by atoms with Crippen LogP contribution in [0.1, 0.15) is 18.3 Å². The molecule has 0 saturated carbocycles. The van der Waals surface area contributed by atoms with E-state index in [0.717, 1.165) is 16.9 Å². The number of aromatic hydroxyl groups is 1. The first-order valence-electron chi connectivity index (χ1n) is 7.59. The summed E-state index contributed by atoms with van der Waals surface area (Å²) < 4.78 is 1.84. The van der Waals surface area contributed by atoms with Gasteiger partial charge in [0.25, 0.3) is 5.91 Å². The van der Waals surface area contributed by atoms with Gasteiger partial charge in [-0.1, -0.05) is 24.3 Å². The van der Waals surface area contributed by atoms with Crippen molar-refractivity contribution in [2.45, 2.75) is 20.4 Å². The number of amides is 1. The summed E-state index contributed by atoms with van der Waals surface area (Å²) in [5, 5.41) is 13.9. The molecule has 0 unspecified atom stereocenters. The highest BCUT2D eigenvalue weighted by Gasteiger charge is 2.10. The largest absolute Gasteiger partial charge is 0.507 e. The van der Waals surface area contributed by atoms with Gasteiger partial charge in [0, 0.05) is 5.56 Å². The molecule has 24 heavy (non-hydrogen) atoms. The van der Waals surface area contributed by atoms with Gasteiger partial charge in [-0.3, -0.25) is 4.79 Å². The van der Waals surface area contributed by atoms with Crippen LogP contribution < -0.4 is 5.43 Å². The molecule has 0 bridgehead atoms. The third-order valence-electron chi connectivity index (χ3n) is 3.79. The Balaban J connectivity index is 1.75. The normalized spacial score (nSPS) is 11.7. The predicted octanol–water partition coefficient (Wildman–Crippen LogP) is 2.59. The summed E-state index contributed by atoms with van der Waals surface area (Å²) in [6.45, 7) is 3.72. The number of nitrogens with one attached hydrogen (secondary N) is 1.